The smallest absolute Gasteiger partial charge is 0.244 e. The van der Waals surface area contributed by atoms with E-state index < -0.39 is 23.4 Å². The molecule has 0 aliphatic carbocycles. The molecule has 0 radical (unpaired) electrons. The molecule has 2 aromatic carbocycles. The first-order valence-corrected chi connectivity index (χ1v) is 7.67. The van der Waals surface area contributed by atoms with Crippen molar-refractivity contribution in [2.45, 2.75) is 13.8 Å². The molecule has 6 nitrogen and oxygen atoms in total. The number of carbonyl (C=O) groups excluding carboxylic acids is 3. The van der Waals surface area contributed by atoms with Crippen LogP contribution in [0.1, 0.15) is 13.8 Å². The molecule has 136 valence electrons. The molecule has 2 rings (SSSR count). The highest BCUT2D eigenvalue weighted by Crippen LogP contribution is 2.20. The van der Waals surface area contributed by atoms with E-state index in [1.807, 2.05) is 0 Å². The largest absolute Gasteiger partial charge is 0.326 e. The lowest BCUT2D eigenvalue weighted by molar-refractivity contribution is -0.120. The number of hydrogen-bond donors (Lipinski definition) is 2. The van der Waals surface area contributed by atoms with Crippen molar-refractivity contribution in [3.8, 4) is 0 Å². The third-order valence-corrected chi connectivity index (χ3v) is 3.37. The summed E-state index contributed by atoms with van der Waals surface area (Å²) in [5, 5.41) is 4.88. The van der Waals surface area contributed by atoms with Gasteiger partial charge in [0.1, 0.15) is 18.2 Å². The maximum atomic E-state index is 13.6. The number of rotatable bonds is 5. The highest BCUT2D eigenvalue weighted by atomic mass is 19.1. The fourth-order valence-corrected chi connectivity index (χ4v) is 2.26. The molecule has 26 heavy (non-hydrogen) atoms. The molecule has 2 aromatic rings. The average Bonchev–Trinajstić information content (AvgIpc) is 2.54. The van der Waals surface area contributed by atoms with Crippen LogP contribution >= 0.6 is 0 Å². The molecular weight excluding hydrogens is 344 g/mol. The Morgan fingerprint density at radius 2 is 1.73 bits per heavy atom. The summed E-state index contributed by atoms with van der Waals surface area (Å²) in [5.74, 6) is -3.03. The topological polar surface area (TPSA) is 78.5 Å². The normalized spacial score (nSPS) is 10.2. The fourth-order valence-electron chi connectivity index (χ4n) is 2.26. The SMILES string of the molecule is CC(=O)Nc1cccc(N(CC(=O)Nc2ccc(F)cc2F)C(C)=O)c1. The van der Waals surface area contributed by atoms with Crippen molar-refractivity contribution < 1.29 is 23.2 Å². The fraction of sp³-hybridized carbons (Fsp3) is 0.167. The Hall–Kier alpha value is -3.29. The molecule has 0 saturated heterocycles. The van der Waals surface area contributed by atoms with Gasteiger partial charge in [0.2, 0.25) is 17.7 Å². The average molecular weight is 361 g/mol. The predicted molar refractivity (Wildman–Crippen MR) is 93.8 cm³/mol. The minimum Gasteiger partial charge on any atom is -0.326 e. The zero-order chi connectivity index (χ0) is 19.3. The first-order valence-electron chi connectivity index (χ1n) is 7.67. The highest BCUT2D eigenvalue weighted by Gasteiger charge is 2.17. The van der Waals surface area contributed by atoms with E-state index in [9.17, 15) is 23.2 Å². The first-order chi connectivity index (χ1) is 12.3. The summed E-state index contributed by atoms with van der Waals surface area (Å²) in [5.41, 5.74) is 0.664. The number of anilines is 3. The number of nitrogens with one attached hydrogen (secondary N) is 2. The Balaban J connectivity index is 2.16. The molecule has 0 aliphatic heterocycles. The van der Waals surface area contributed by atoms with Crippen LogP contribution in [-0.2, 0) is 14.4 Å². The van der Waals surface area contributed by atoms with Crippen LogP contribution in [0.15, 0.2) is 42.5 Å². The van der Waals surface area contributed by atoms with E-state index in [1.54, 1.807) is 18.2 Å². The lowest BCUT2D eigenvalue weighted by Crippen LogP contribution is -2.36. The van der Waals surface area contributed by atoms with Crippen LogP contribution in [0.5, 0.6) is 0 Å². The molecule has 3 amide bonds. The summed E-state index contributed by atoms with van der Waals surface area (Å²) in [7, 11) is 0. The molecule has 8 heteroatoms. The number of hydrogen-bond acceptors (Lipinski definition) is 3. The summed E-state index contributed by atoms with van der Waals surface area (Å²) in [6, 6.07) is 9.14. The second-order valence-electron chi connectivity index (χ2n) is 5.51. The molecule has 0 unspecified atom stereocenters. The summed E-state index contributed by atoms with van der Waals surface area (Å²) in [4.78, 5) is 36.4. The van der Waals surface area contributed by atoms with E-state index in [2.05, 4.69) is 10.6 Å². The van der Waals surface area contributed by atoms with Gasteiger partial charge in [-0.25, -0.2) is 8.78 Å². The van der Waals surface area contributed by atoms with Gasteiger partial charge in [-0.15, -0.1) is 0 Å². The molecule has 0 fully saturated rings. The van der Waals surface area contributed by atoms with Crippen LogP contribution in [-0.4, -0.2) is 24.3 Å². The highest BCUT2D eigenvalue weighted by molar-refractivity contribution is 6.02. The van der Waals surface area contributed by atoms with Crippen molar-refractivity contribution in [3.05, 3.63) is 54.1 Å². The Kier molecular flexibility index (Phi) is 6.00. The van der Waals surface area contributed by atoms with E-state index in [1.165, 1.54) is 24.8 Å². The molecular formula is C18H17F2N3O3. The Labute approximate surface area is 148 Å². The van der Waals surface area contributed by atoms with Gasteiger partial charge in [0.25, 0.3) is 0 Å². The number of benzene rings is 2. The zero-order valence-electron chi connectivity index (χ0n) is 14.2. The number of nitrogens with zero attached hydrogens (tertiary/aromatic N) is 1. The van der Waals surface area contributed by atoms with Crippen LogP contribution in [0, 0.1) is 11.6 Å². The van der Waals surface area contributed by atoms with E-state index in [0.29, 0.717) is 17.4 Å². The van der Waals surface area contributed by atoms with Gasteiger partial charge in [0, 0.05) is 31.3 Å². The standard InChI is InChI=1S/C18H17F2N3O3/c1-11(24)21-14-4-3-5-15(9-14)23(12(2)25)10-18(26)22-17-7-6-13(19)8-16(17)20/h3-9H,10H2,1-2H3,(H,21,24)(H,22,26). The number of carbonyl (C=O) groups is 3. The third-order valence-electron chi connectivity index (χ3n) is 3.37. The van der Waals surface area contributed by atoms with Gasteiger partial charge in [-0.3, -0.25) is 14.4 Å². The second-order valence-corrected chi connectivity index (χ2v) is 5.51. The zero-order valence-corrected chi connectivity index (χ0v) is 14.2. The second kappa shape index (κ2) is 8.19. The van der Waals surface area contributed by atoms with Gasteiger partial charge in [-0.1, -0.05) is 6.07 Å². The van der Waals surface area contributed by atoms with Crippen molar-refractivity contribution in [2.75, 3.05) is 22.1 Å². The summed E-state index contributed by atoms with van der Waals surface area (Å²) >= 11 is 0. The van der Waals surface area contributed by atoms with Crippen molar-refractivity contribution in [1.82, 2.24) is 0 Å². The van der Waals surface area contributed by atoms with E-state index in [-0.39, 0.29) is 18.1 Å². The van der Waals surface area contributed by atoms with Crippen molar-refractivity contribution in [3.63, 3.8) is 0 Å². The lowest BCUT2D eigenvalue weighted by atomic mass is 10.2. The van der Waals surface area contributed by atoms with E-state index >= 15 is 0 Å². The Morgan fingerprint density at radius 3 is 2.35 bits per heavy atom. The van der Waals surface area contributed by atoms with Crippen LogP contribution in [0.4, 0.5) is 25.8 Å². The number of amides is 3. The predicted octanol–water partition coefficient (Wildman–Crippen LogP) is 2.91. The van der Waals surface area contributed by atoms with Crippen molar-refractivity contribution in [1.29, 1.82) is 0 Å². The van der Waals surface area contributed by atoms with Gasteiger partial charge in [-0.05, 0) is 30.3 Å². The molecule has 0 atom stereocenters. The summed E-state index contributed by atoms with van der Waals surface area (Å²) in [6.07, 6.45) is 0. The van der Waals surface area contributed by atoms with Gasteiger partial charge < -0.3 is 15.5 Å². The van der Waals surface area contributed by atoms with Crippen molar-refractivity contribution in [2.24, 2.45) is 0 Å². The van der Waals surface area contributed by atoms with E-state index in [4.69, 9.17) is 0 Å². The van der Waals surface area contributed by atoms with Gasteiger partial charge in [-0.2, -0.15) is 0 Å². The maximum absolute atomic E-state index is 13.6. The van der Waals surface area contributed by atoms with Crippen LogP contribution in [0.2, 0.25) is 0 Å². The third kappa shape index (κ3) is 5.10. The minimum atomic E-state index is -0.916. The van der Waals surface area contributed by atoms with Crippen LogP contribution in [0.3, 0.4) is 0 Å². The lowest BCUT2D eigenvalue weighted by Gasteiger charge is -2.21. The summed E-state index contributed by atoms with van der Waals surface area (Å²) < 4.78 is 26.5. The van der Waals surface area contributed by atoms with Crippen LogP contribution < -0.4 is 15.5 Å². The van der Waals surface area contributed by atoms with Gasteiger partial charge in [0.05, 0.1) is 5.69 Å². The molecule has 0 saturated carbocycles. The van der Waals surface area contributed by atoms with Crippen LogP contribution in [0.25, 0.3) is 0 Å². The summed E-state index contributed by atoms with van der Waals surface area (Å²) in [6.45, 7) is 2.24. The van der Waals surface area contributed by atoms with Gasteiger partial charge >= 0.3 is 0 Å². The molecule has 0 spiro atoms. The van der Waals surface area contributed by atoms with Gasteiger partial charge in [0.15, 0.2) is 0 Å². The molecule has 0 bridgehead atoms. The Bertz CT molecular complexity index is 855. The number of halogens is 2. The van der Waals surface area contributed by atoms with Crippen molar-refractivity contribution >= 4 is 34.8 Å². The first kappa shape index (κ1) is 19.0. The monoisotopic (exact) mass is 361 g/mol. The Morgan fingerprint density at radius 1 is 1.00 bits per heavy atom. The molecule has 0 aliphatic rings. The minimum absolute atomic E-state index is 0.188. The maximum Gasteiger partial charge on any atom is 0.244 e. The molecule has 0 aromatic heterocycles. The molecule has 0 heterocycles. The quantitative estimate of drug-likeness (QED) is 0.860. The molecule has 2 N–H and O–H groups in total. The van der Waals surface area contributed by atoms with E-state index in [0.717, 1.165) is 12.1 Å².